The summed E-state index contributed by atoms with van der Waals surface area (Å²) in [6.45, 7) is 2.21. The third-order valence-corrected chi connectivity index (χ3v) is 4.78. The lowest BCUT2D eigenvalue weighted by atomic mass is 10.1. The maximum Gasteiger partial charge on any atom is 0.231 e. The summed E-state index contributed by atoms with van der Waals surface area (Å²) < 4.78 is 30.8. The van der Waals surface area contributed by atoms with Gasteiger partial charge in [0.25, 0.3) is 0 Å². The van der Waals surface area contributed by atoms with E-state index >= 15 is 0 Å². The van der Waals surface area contributed by atoms with E-state index in [0.29, 0.717) is 29.2 Å². The van der Waals surface area contributed by atoms with Crippen molar-refractivity contribution in [1.82, 2.24) is 0 Å². The van der Waals surface area contributed by atoms with E-state index in [1.54, 1.807) is 37.4 Å². The van der Waals surface area contributed by atoms with Crippen LogP contribution in [0.3, 0.4) is 0 Å². The van der Waals surface area contributed by atoms with E-state index in [1.807, 2.05) is 31.2 Å². The van der Waals surface area contributed by atoms with Gasteiger partial charge in [-0.25, -0.2) is 4.39 Å². The first-order valence-corrected chi connectivity index (χ1v) is 9.15. The van der Waals surface area contributed by atoms with E-state index < -0.39 is 5.82 Å². The van der Waals surface area contributed by atoms with Crippen LogP contribution in [0, 0.1) is 12.7 Å². The second-order valence-electron chi connectivity index (χ2n) is 6.66. The Morgan fingerprint density at radius 3 is 2.52 bits per heavy atom. The molecule has 0 saturated carbocycles. The molecule has 0 spiro atoms. The maximum atomic E-state index is 13.9. The molecule has 0 amide bonds. The summed E-state index contributed by atoms with van der Waals surface area (Å²) in [4.78, 5) is 12.6. The molecule has 4 nitrogen and oxygen atoms in total. The Morgan fingerprint density at radius 1 is 1.03 bits per heavy atom. The molecule has 0 aliphatic carbocycles. The summed E-state index contributed by atoms with van der Waals surface area (Å²) in [6.07, 6.45) is 1.43. The summed E-state index contributed by atoms with van der Waals surface area (Å²) in [5.74, 6) is 1.27. The van der Waals surface area contributed by atoms with Crippen molar-refractivity contribution in [3.8, 4) is 17.2 Å². The number of Topliss-reactive ketones (excluding diaryl/α,β-unsaturated/α-hetero) is 1. The molecule has 1 heterocycles. The smallest absolute Gasteiger partial charge is 0.231 e. The Bertz CT molecular complexity index is 1100. The minimum Gasteiger partial charge on any atom is -0.497 e. The van der Waals surface area contributed by atoms with Gasteiger partial charge in [0.1, 0.15) is 29.7 Å². The van der Waals surface area contributed by atoms with Crippen molar-refractivity contribution in [2.75, 3.05) is 7.11 Å². The van der Waals surface area contributed by atoms with Crippen LogP contribution in [-0.2, 0) is 6.61 Å². The van der Waals surface area contributed by atoms with Crippen LogP contribution in [0.15, 0.2) is 66.4 Å². The van der Waals surface area contributed by atoms with Gasteiger partial charge in [-0.2, -0.15) is 0 Å². The third kappa shape index (κ3) is 3.72. The zero-order chi connectivity index (χ0) is 20.4. The van der Waals surface area contributed by atoms with Crippen molar-refractivity contribution in [3.63, 3.8) is 0 Å². The van der Waals surface area contributed by atoms with Gasteiger partial charge in [0.05, 0.1) is 12.7 Å². The van der Waals surface area contributed by atoms with Crippen molar-refractivity contribution < 1.29 is 23.4 Å². The highest BCUT2D eigenvalue weighted by atomic mass is 19.1. The van der Waals surface area contributed by atoms with Crippen LogP contribution in [0.1, 0.15) is 27.0 Å². The first-order chi connectivity index (χ1) is 14.1. The van der Waals surface area contributed by atoms with Gasteiger partial charge in [-0.1, -0.05) is 30.3 Å². The Morgan fingerprint density at radius 2 is 1.79 bits per heavy atom. The molecule has 0 radical (unpaired) electrons. The second-order valence-corrected chi connectivity index (χ2v) is 6.66. The van der Waals surface area contributed by atoms with E-state index in [4.69, 9.17) is 14.2 Å². The van der Waals surface area contributed by atoms with Crippen LogP contribution >= 0.6 is 0 Å². The molecular formula is C24H19FO4. The predicted molar refractivity (Wildman–Crippen MR) is 108 cm³/mol. The fraction of sp³-hybridized carbons (Fsp3) is 0.125. The molecular weight excluding hydrogens is 371 g/mol. The summed E-state index contributed by atoms with van der Waals surface area (Å²) >= 11 is 0. The van der Waals surface area contributed by atoms with E-state index in [0.717, 1.165) is 16.9 Å². The molecule has 3 aromatic rings. The monoisotopic (exact) mass is 390 g/mol. The fourth-order valence-electron chi connectivity index (χ4n) is 3.14. The van der Waals surface area contributed by atoms with Gasteiger partial charge in [0.15, 0.2) is 5.76 Å². The average molecular weight is 390 g/mol. The Balaban J connectivity index is 1.55. The number of ether oxygens (including phenoxy) is 3. The molecule has 1 aliphatic rings. The molecule has 5 heteroatoms. The van der Waals surface area contributed by atoms with Gasteiger partial charge in [0, 0.05) is 11.1 Å². The number of hydrogen-bond donors (Lipinski definition) is 0. The quantitative estimate of drug-likeness (QED) is 0.552. The highest BCUT2D eigenvalue weighted by Gasteiger charge is 2.30. The van der Waals surface area contributed by atoms with Gasteiger partial charge >= 0.3 is 0 Å². The van der Waals surface area contributed by atoms with Crippen molar-refractivity contribution in [2.45, 2.75) is 13.5 Å². The van der Waals surface area contributed by atoms with Gasteiger partial charge in [-0.3, -0.25) is 4.79 Å². The minimum atomic E-state index is -0.410. The lowest BCUT2D eigenvalue weighted by molar-refractivity contribution is 0.101. The summed E-state index contributed by atoms with van der Waals surface area (Å²) in [6, 6.07) is 17.3. The van der Waals surface area contributed by atoms with Crippen LogP contribution in [0.25, 0.3) is 6.08 Å². The minimum absolute atomic E-state index is 0.0977. The molecule has 0 N–H and O–H groups in total. The van der Waals surface area contributed by atoms with Crippen LogP contribution in [0.4, 0.5) is 4.39 Å². The number of allylic oxidation sites excluding steroid dienone is 1. The summed E-state index contributed by atoms with van der Waals surface area (Å²) in [5.41, 5.74) is 2.46. The highest BCUT2D eigenvalue weighted by molar-refractivity contribution is 6.15. The Kier molecular flexibility index (Phi) is 5.04. The van der Waals surface area contributed by atoms with E-state index in [9.17, 15) is 9.18 Å². The number of methoxy groups -OCH3 is 1. The third-order valence-electron chi connectivity index (χ3n) is 4.78. The first-order valence-electron chi connectivity index (χ1n) is 9.15. The molecule has 0 fully saturated rings. The molecule has 0 atom stereocenters. The van der Waals surface area contributed by atoms with E-state index in [-0.39, 0.29) is 11.5 Å². The standard InChI is InChI=1S/C24H19FO4/c1-15-21(28-14-16-7-9-18(27-2)10-8-16)12-11-19-23(26)22(29-24(15)19)13-17-5-3-4-6-20(17)25/h3-13H,14H2,1-2H3/b22-13-. The van der Waals surface area contributed by atoms with Gasteiger partial charge in [0.2, 0.25) is 5.78 Å². The lowest BCUT2D eigenvalue weighted by Crippen LogP contribution is -1.98. The Hall–Kier alpha value is -3.60. The van der Waals surface area contributed by atoms with Crippen molar-refractivity contribution >= 4 is 11.9 Å². The van der Waals surface area contributed by atoms with Gasteiger partial charge in [-0.15, -0.1) is 0 Å². The topological polar surface area (TPSA) is 44.8 Å². The van der Waals surface area contributed by atoms with Crippen molar-refractivity contribution in [3.05, 3.63) is 94.5 Å². The molecule has 29 heavy (non-hydrogen) atoms. The SMILES string of the molecule is COc1ccc(COc2ccc3c(c2C)O/C(=C\c2ccccc2F)C3=O)cc1. The number of rotatable bonds is 5. The number of fused-ring (bicyclic) bond motifs is 1. The van der Waals surface area contributed by atoms with Gasteiger partial charge < -0.3 is 14.2 Å². The second kappa shape index (κ2) is 7.80. The van der Waals surface area contributed by atoms with E-state index in [2.05, 4.69) is 0 Å². The molecule has 4 rings (SSSR count). The zero-order valence-electron chi connectivity index (χ0n) is 16.1. The fourth-order valence-corrected chi connectivity index (χ4v) is 3.14. The number of carbonyl (C=O) groups is 1. The molecule has 1 aliphatic heterocycles. The van der Waals surface area contributed by atoms with Crippen molar-refractivity contribution in [2.24, 2.45) is 0 Å². The molecule has 0 unspecified atom stereocenters. The summed E-state index contributed by atoms with van der Waals surface area (Å²) in [7, 11) is 1.62. The van der Waals surface area contributed by atoms with E-state index in [1.165, 1.54) is 12.1 Å². The molecule has 3 aromatic carbocycles. The molecule has 0 aromatic heterocycles. The number of carbonyl (C=O) groups excluding carboxylic acids is 1. The normalized spacial score (nSPS) is 13.9. The number of ketones is 1. The van der Waals surface area contributed by atoms with Crippen molar-refractivity contribution in [1.29, 1.82) is 0 Å². The van der Waals surface area contributed by atoms with Crippen LogP contribution in [0.2, 0.25) is 0 Å². The highest BCUT2D eigenvalue weighted by Crippen LogP contribution is 2.39. The number of halogens is 1. The van der Waals surface area contributed by atoms with Gasteiger partial charge in [-0.05, 0) is 48.9 Å². The molecule has 0 bridgehead atoms. The average Bonchev–Trinajstić information content (AvgIpc) is 3.06. The number of hydrogen-bond acceptors (Lipinski definition) is 4. The zero-order valence-corrected chi connectivity index (χ0v) is 16.1. The van der Waals surface area contributed by atoms with Crippen LogP contribution in [0.5, 0.6) is 17.2 Å². The molecule has 146 valence electrons. The predicted octanol–water partition coefficient (Wildman–Crippen LogP) is 5.34. The molecule has 0 saturated heterocycles. The largest absolute Gasteiger partial charge is 0.497 e. The Labute approximate surface area is 168 Å². The van der Waals surface area contributed by atoms with Crippen LogP contribution < -0.4 is 14.2 Å². The number of benzene rings is 3. The van der Waals surface area contributed by atoms with Crippen LogP contribution in [-0.4, -0.2) is 12.9 Å². The lowest BCUT2D eigenvalue weighted by Gasteiger charge is -2.12. The first kappa shape index (κ1) is 18.7. The maximum absolute atomic E-state index is 13.9. The summed E-state index contributed by atoms with van der Waals surface area (Å²) in [5, 5.41) is 0.